The summed E-state index contributed by atoms with van der Waals surface area (Å²) in [5.74, 6) is 0.968. The molecule has 2 aromatic carbocycles. The minimum absolute atomic E-state index is 0.328. The molecule has 0 aliphatic heterocycles. The first kappa shape index (κ1) is 16.6. The zero-order valence-electron chi connectivity index (χ0n) is 13.7. The molecule has 1 unspecified atom stereocenters. The third-order valence-corrected chi connectivity index (χ3v) is 3.85. The Morgan fingerprint density at radius 3 is 2.36 bits per heavy atom. The van der Waals surface area contributed by atoms with Gasteiger partial charge in [0.2, 0.25) is 0 Å². The molecule has 2 aromatic rings. The summed E-state index contributed by atoms with van der Waals surface area (Å²) in [5, 5.41) is 3.55. The molecule has 0 saturated heterocycles. The van der Waals surface area contributed by atoms with Crippen molar-refractivity contribution in [3.8, 4) is 5.75 Å². The van der Waals surface area contributed by atoms with Gasteiger partial charge in [-0.3, -0.25) is 0 Å². The van der Waals surface area contributed by atoms with Gasteiger partial charge in [-0.25, -0.2) is 0 Å². The number of benzene rings is 2. The van der Waals surface area contributed by atoms with Crippen LogP contribution in [-0.2, 0) is 6.54 Å². The van der Waals surface area contributed by atoms with Gasteiger partial charge in [0, 0.05) is 12.6 Å². The van der Waals surface area contributed by atoms with Gasteiger partial charge in [-0.15, -0.1) is 0 Å². The molecule has 2 rings (SSSR count). The van der Waals surface area contributed by atoms with Crippen molar-refractivity contribution in [3.05, 3.63) is 65.7 Å². The molecular weight excluding hydrogens is 270 g/mol. The average Bonchev–Trinajstić information content (AvgIpc) is 2.58. The molecule has 0 aliphatic carbocycles. The summed E-state index contributed by atoms with van der Waals surface area (Å²) in [5.41, 5.74) is 2.60. The van der Waals surface area contributed by atoms with E-state index >= 15 is 0 Å². The fourth-order valence-corrected chi connectivity index (χ4v) is 2.38. The van der Waals surface area contributed by atoms with E-state index in [-0.39, 0.29) is 0 Å². The first-order valence-electron chi connectivity index (χ1n) is 8.29. The standard InChI is InChI=1S/C20H27NO/c1-3-4-8-15-22-20-13-11-19(12-14-20)17(2)21-16-18-9-6-5-7-10-18/h5-7,9-14,17,21H,3-4,8,15-16H2,1-2H3. The van der Waals surface area contributed by atoms with Crippen LogP contribution in [0.25, 0.3) is 0 Å². The van der Waals surface area contributed by atoms with E-state index < -0.39 is 0 Å². The quantitative estimate of drug-likeness (QED) is 0.650. The molecule has 0 amide bonds. The zero-order valence-corrected chi connectivity index (χ0v) is 13.7. The molecule has 0 heterocycles. The Bertz CT molecular complexity index is 521. The van der Waals surface area contributed by atoms with E-state index in [4.69, 9.17) is 4.74 Å². The van der Waals surface area contributed by atoms with Crippen molar-refractivity contribution < 1.29 is 4.74 Å². The Labute approximate surface area is 134 Å². The van der Waals surface area contributed by atoms with Crippen LogP contribution in [0.5, 0.6) is 5.75 Å². The van der Waals surface area contributed by atoms with E-state index in [2.05, 4.69) is 67.7 Å². The predicted molar refractivity (Wildman–Crippen MR) is 93.2 cm³/mol. The van der Waals surface area contributed by atoms with E-state index in [0.717, 1.165) is 25.3 Å². The summed E-state index contributed by atoms with van der Waals surface area (Å²) in [6, 6.07) is 19.3. The highest BCUT2D eigenvalue weighted by Gasteiger charge is 2.05. The third-order valence-electron chi connectivity index (χ3n) is 3.85. The molecule has 22 heavy (non-hydrogen) atoms. The first-order chi connectivity index (χ1) is 10.8. The fraction of sp³-hybridized carbons (Fsp3) is 0.400. The molecule has 0 spiro atoms. The van der Waals surface area contributed by atoms with Gasteiger partial charge in [-0.1, -0.05) is 62.2 Å². The lowest BCUT2D eigenvalue weighted by molar-refractivity contribution is 0.306. The summed E-state index contributed by atoms with van der Waals surface area (Å²) in [6.45, 7) is 6.10. The second kappa shape index (κ2) is 9.26. The van der Waals surface area contributed by atoms with Crippen molar-refractivity contribution in [1.82, 2.24) is 5.32 Å². The van der Waals surface area contributed by atoms with E-state index in [1.807, 2.05) is 6.07 Å². The lowest BCUT2D eigenvalue weighted by atomic mass is 10.1. The molecule has 2 heteroatoms. The van der Waals surface area contributed by atoms with Crippen LogP contribution in [-0.4, -0.2) is 6.61 Å². The molecule has 0 bridgehead atoms. The summed E-state index contributed by atoms with van der Waals surface area (Å²) in [7, 11) is 0. The minimum atomic E-state index is 0.328. The Balaban J connectivity index is 1.79. The topological polar surface area (TPSA) is 21.3 Å². The second-order valence-electron chi connectivity index (χ2n) is 5.71. The molecule has 118 valence electrons. The fourth-order valence-electron chi connectivity index (χ4n) is 2.38. The Hall–Kier alpha value is -1.80. The van der Waals surface area contributed by atoms with Gasteiger partial charge in [0.05, 0.1) is 6.61 Å². The van der Waals surface area contributed by atoms with Crippen molar-refractivity contribution in [3.63, 3.8) is 0 Å². The van der Waals surface area contributed by atoms with Crippen LogP contribution < -0.4 is 10.1 Å². The average molecular weight is 297 g/mol. The van der Waals surface area contributed by atoms with Gasteiger partial charge in [0.25, 0.3) is 0 Å². The van der Waals surface area contributed by atoms with Gasteiger partial charge in [0.1, 0.15) is 5.75 Å². The van der Waals surface area contributed by atoms with E-state index in [1.54, 1.807) is 0 Å². The number of ether oxygens (including phenoxy) is 1. The second-order valence-corrected chi connectivity index (χ2v) is 5.71. The Morgan fingerprint density at radius 1 is 0.955 bits per heavy atom. The highest BCUT2D eigenvalue weighted by Crippen LogP contribution is 2.18. The SMILES string of the molecule is CCCCCOc1ccc(C(C)NCc2ccccc2)cc1. The number of nitrogens with one attached hydrogen (secondary N) is 1. The van der Waals surface area contributed by atoms with Gasteiger partial charge < -0.3 is 10.1 Å². The van der Waals surface area contributed by atoms with Crippen molar-refractivity contribution in [2.24, 2.45) is 0 Å². The lowest BCUT2D eigenvalue weighted by Gasteiger charge is -2.15. The maximum Gasteiger partial charge on any atom is 0.119 e. The van der Waals surface area contributed by atoms with Crippen LogP contribution >= 0.6 is 0 Å². The Morgan fingerprint density at radius 2 is 1.68 bits per heavy atom. The van der Waals surface area contributed by atoms with E-state index in [9.17, 15) is 0 Å². The zero-order chi connectivity index (χ0) is 15.6. The molecule has 2 nitrogen and oxygen atoms in total. The molecule has 1 N–H and O–H groups in total. The van der Waals surface area contributed by atoms with Gasteiger partial charge in [-0.2, -0.15) is 0 Å². The lowest BCUT2D eigenvalue weighted by Crippen LogP contribution is -2.17. The smallest absolute Gasteiger partial charge is 0.119 e. The van der Waals surface area contributed by atoms with Crippen LogP contribution in [0.4, 0.5) is 0 Å². The molecule has 0 aromatic heterocycles. The molecule has 1 atom stereocenters. The number of hydrogen-bond acceptors (Lipinski definition) is 2. The minimum Gasteiger partial charge on any atom is -0.494 e. The number of hydrogen-bond donors (Lipinski definition) is 1. The van der Waals surface area contributed by atoms with Crippen LogP contribution in [0.2, 0.25) is 0 Å². The van der Waals surface area contributed by atoms with Gasteiger partial charge in [0.15, 0.2) is 0 Å². The maximum atomic E-state index is 5.75. The van der Waals surface area contributed by atoms with Crippen molar-refractivity contribution >= 4 is 0 Å². The van der Waals surface area contributed by atoms with Crippen molar-refractivity contribution in [2.75, 3.05) is 6.61 Å². The highest BCUT2D eigenvalue weighted by atomic mass is 16.5. The molecule has 0 fully saturated rings. The van der Waals surface area contributed by atoms with Crippen molar-refractivity contribution in [2.45, 2.75) is 45.7 Å². The van der Waals surface area contributed by atoms with Gasteiger partial charge in [-0.05, 0) is 36.6 Å². The molecule has 0 radical (unpaired) electrons. The van der Waals surface area contributed by atoms with Crippen LogP contribution in [0.3, 0.4) is 0 Å². The van der Waals surface area contributed by atoms with Gasteiger partial charge >= 0.3 is 0 Å². The van der Waals surface area contributed by atoms with Crippen LogP contribution in [0, 0.1) is 0 Å². The maximum absolute atomic E-state index is 5.75. The van der Waals surface area contributed by atoms with Crippen molar-refractivity contribution in [1.29, 1.82) is 0 Å². The largest absolute Gasteiger partial charge is 0.494 e. The van der Waals surface area contributed by atoms with E-state index in [1.165, 1.54) is 24.0 Å². The van der Waals surface area contributed by atoms with E-state index in [0.29, 0.717) is 6.04 Å². The molecular formula is C20H27NO. The molecule has 0 saturated carbocycles. The van der Waals surface area contributed by atoms with Crippen LogP contribution in [0.1, 0.15) is 50.3 Å². The summed E-state index contributed by atoms with van der Waals surface area (Å²) in [6.07, 6.45) is 3.60. The Kier molecular flexibility index (Phi) is 6.98. The monoisotopic (exact) mass is 297 g/mol. The predicted octanol–water partition coefficient (Wildman–Crippen LogP) is 5.11. The third kappa shape index (κ3) is 5.53. The normalized spacial score (nSPS) is 12.1. The summed E-state index contributed by atoms with van der Waals surface area (Å²) >= 11 is 0. The summed E-state index contributed by atoms with van der Waals surface area (Å²) in [4.78, 5) is 0. The molecule has 0 aliphatic rings. The highest BCUT2D eigenvalue weighted by molar-refractivity contribution is 5.29. The first-order valence-corrected chi connectivity index (χ1v) is 8.29. The summed E-state index contributed by atoms with van der Waals surface area (Å²) < 4.78 is 5.75. The number of unbranched alkanes of at least 4 members (excludes halogenated alkanes) is 2. The number of rotatable bonds is 9. The van der Waals surface area contributed by atoms with Crippen LogP contribution in [0.15, 0.2) is 54.6 Å².